The van der Waals surface area contributed by atoms with Crippen molar-refractivity contribution in [2.45, 2.75) is 64.7 Å². The highest BCUT2D eigenvalue weighted by Crippen LogP contribution is 2.17. The van der Waals surface area contributed by atoms with Gasteiger partial charge in [-0.2, -0.15) is 0 Å². The molecule has 1 heterocycles. The molecule has 0 spiro atoms. The number of carbonyl (C=O) groups excluding carboxylic acids is 1. The first-order chi connectivity index (χ1) is 8.38. The molecule has 0 unspecified atom stereocenters. The Balaban J connectivity index is 1.99. The lowest BCUT2D eigenvalue weighted by Gasteiger charge is -2.01. The number of rotatable bonds is 10. The summed E-state index contributed by atoms with van der Waals surface area (Å²) in [5.41, 5.74) is 1.25. The first kappa shape index (κ1) is 14.4. The molecule has 0 saturated carbocycles. The van der Waals surface area contributed by atoms with Crippen LogP contribution in [0.2, 0.25) is 0 Å². The Bertz CT molecular complexity index is 304. The maximum atomic E-state index is 10.7. The Labute approximate surface area is 109 Å². The van der Waals surface area contributed by atoms with E-state index in [0.717, 1.165) is 17.6 Å². The van der Waals surface area contributed by atoms with Crippen molar-refractivity contribution in [3.8, 4) is 0 Å². The van der Waals surface area contributed by atoms with E-state index in [0.29, 0.717) is 0 Å². The second kappa shape index (κ2) is 9.41. The van der Waals surface area contributed by atoms with Gasteiger partial charge in [-0.15, -0.1) is 11.3 Å². The van der Waals surface area contributed by atoms with Crippen LogP contribution in [0.1, 0.15) is 73.5 Å². The number of aldehydes is 1. The summed E-state index contributed by atoms with van der Waals surface area (Å²) in [6, 6.07) is 2.09. The highest BCUT2D eigenvalue weighted by atomic mass is 32.1. The van der Waals surface area contributed by atoms with Gasteiger partial charge in [-0.1, -0.05) is 51.9 Å². The van der Waals surface area contributed by atoms with Crippen LogP contribution >= 0.6 is 11.3 Å². The molecule has 0 saturated heterocycles. The van der Waals surface area contributed by atoms with Gasteiger partial charge in [-0.3, -0.25) is 4.79 Å². The normalized spacial score (nSPS) is 10.6. The molecule has 1 aromatic rings. The van der Waals surface area contributed by atoms with Crippen LogP contribution < -0.4 is 0 Å². The maximum absolute atomic E-state index is 10.7. The van der Waals surface area contributed by atoms with E-state index in [1.807, 2.05) is 5.38 Å². The Hall–Kier alpha value is -0.630. The van der Waals surface area contributed by atoms with Crippen molar-refractivity contribution >= 4 is 17.6 Å². The average molecular weight is 252 g/mol. The predicted octanol–water partition coefficient (Wildman–Crippen LogP) is 5.24. The number of unbranched alkanes of at least 4 members (excludes halogenated alkanes) is 7. The lowest BCUT2D eigenvalue weighted by atomic mass is 10.0. The molecule has 0 atom stereocenters. The van der Waals surface area contributed by atoms with Crippen molar-refractivity contribution in [2.24, 2.45) is 0 Å². The van der Waals surface area contributed by atoms with Gasteiger partial charge in [0.05, 0.1) is 4.88 Å². The summed E-state index contributed by atoms with van der Waals surface area (Å²) in [7, 11) is 0. The molecule has 2 heteroatoms. The molecule has 0 aliphatic heterocycles. The Morgan fingerprint density at radius 3 is 2.35 bits per heavy atom. The van der Waals surface area contributed by atoms with Gasteiger partial charge in [0.1, 0.15) is 0 Å². The van der Waals surface area contributed by atoms with Crippen LogP contribution in [0.25, 0.3) is 0 Å². The molecule has 17 heavy (non-hydrogen) atoms. The summed E-state index contributed by atoms with van der Waals surface area (Å²) >= 11 is 1.56. The molecule has 0 radical (unpaired) electrons. The van der Waals surface area contributed by atoms with E-state index in [-0.39, 0.29) is 0 Å². The van der Waals surface area contributed by atoms with Crippen LogP contribution in [-0.4, -0.2) is 6.29 Å². The number of carbonyl (C=O) groups is 1. The van der Waals surface area contributed by atoms with E-state index >= 15 is 0 Å². The van der Waals surface area contributed by atoms with E-state index in [1.54, 1.807) is 11.3 Å². The number of aryl methyl sites for hydroxylation is 1. The molecule has 1 aromatic heterocycles. The molecule has 1 rings (SSSR count). The molecule has 0 bridgehead atoms. The second-order valence-electron chi connectivity index (χ2n) is 4.65. The van der Waals surface area contributed by atoms with Crippen LogP contribution in [-0.2, 0) is 6.42 Å². The largest absolute Gasteiger partial charge is 0.297 e. The molecule has 96 valence electrons. The van der Waals surface area contributed by atoms with Crippen LogP contribution in [0.4, 0.5) is 0 Å². The quantitative estimate of drug-likeness (QED) is 0.411. The minimum absolute atomic E-state index is 0.924. The van der Waals surface area contributed by atoms with Gasteiger partial charge in [0, 0.05) is 0 Å². The highest BCUT2D eigenvalue weighted by molar-refractivity contribution is 7.11. The Kier molecular flexibility index (Phi) is 7.98. The number of hydrogen-bond donors (Lipinski definition) is 0. The van der Waals surface area contributed by atoms with Crippen LogP contribution in [0.3, 0.4) is 0 Å². The van der Waals surface area contributed by atoms with E-state index in [2.05, 4.69) is 13.0 Å². The zero-order chi connectivity index (χ0) is 12.3. The van der Waals surface area contributed by atoms with Crippen molar-refractivity contribution in [1.82, 2.24) is 0 Å². The topological polar surface area (TPSA) is 17.1 Å². The molecular weight excluding hydrogens is 228 g/mol. The third-order valence-electron chi connectivity index (χ3n) is 3.19. The minimum Gasteiger partial charge on any atom is -0.297 e. The van der Waals surface area contributed by atoms with Crippen molar-refractivity contribution < 1.29 is 4.79 Å². The van der Waals surface area contributed by atoms with Gasteiger partial charge in [0.15, 0.2) is 6.29 Å². The van der Waals surface area contributed by atoms with Crippen LogP contribution in [0.5, 0.6) is 0 Å². The third-order valence-corrected chi connectivity index (χ3v) is 4.07. The molecule has 0 aromatic carbocycles. The van der Waals surface area contributed by atoms with Gasteiger partial charge < -0.3 is 0 Å². The lowest BCUT2D eigenvalue weighted by molar-refractivity contribution is 0.112. The fraction of sp³-hybridized carbons (Fsp3) is 0.667. The molecule has 1 nitrogen and oxygen atoms in total. The third kappa shape index (κ3) is 6.02. The van der Waals surface area contributed by atoms with E-state index in [9.17, 15) is 4.79 Å². The maximum Gasteiger partial charge on any atom is 0.160 e. The molecular formula is C15H24OS. The second-order valence-corrected chi connectivity index (χ2v) is 5.60. The zero-order valence-electron chi connectivity index (χ0n) is 10.9. The fourth-order valence-corrected chi connectivity index (χ4v) is 2.86. The highest BCUT2D eigenvalue weighted by Gasteiger charge is 2.02. The van der Waals surface area contributed by atoms with Crippen molar-refractivity contribution in [3.63, 3.8) is 0 Å². The van der Waals surface area contributed by atoms with Crippen molar-refractivity contribution in [3.05, 3.63) is 21.9 Å². The number of hydrogen-bond acceptors (Lipinski definition) is 2. The predicted molar refractivity (Wildman–Crippen MR) is 76.0 cm³/mol. The minimum atomic E-state index is 0.924. The summed E-state index contributed by atoms with van der Waals surface area (Å²) in [5, 5.41) is 2.02. The average Bonchev–Trinajstić information content (AvgIpc) is 2.80. The van der Waals surface area contributed by atoms with Gasteiger partial charge in [-0.05, 0) is 29.9 Å². The fourth-order valence-electron chi connectivity index (χ4n) is 2.11. The Morgan fingerprint density at radius 1 is 1.06 bits per heavy atom. The van der Waals surface area contributed by atoms with Crippen molar-refractivity contribution in [2.75, 3.05) is 0 Å². The van der Waals surface area contributed by atoms with Gasteiger partial charge in [0.2, 0.25) is 0 Å². The van der Waals surface area contributed by atoms with E-state index < -0.39 is 0 Å². The first-order valence-corrected chi connectivity index (χ1v) is 7.78. The standard InChI is InChI=1S/C15H24OS/c1-2-3-4-5-6-7-8-9-10-14-11-12-17-15(14)13-16/h11-13H,2-10H2,1H3. The van der Waals surface area contributed by atoms with Gasteiger partial charge in [0.25, 0.3) is 0 Å². The lowest BCUT2D eigenvalue weighted by Crippen LogP contribution is -1.88. The summed E-state index contributed by atoms with van der Waals surface area (Å²) < 4.78 is 0. The zero-order valence-corrected chi connectivity index (χ0v) is 11.7. The van der Waals surface area contributed by atoms with Crippen LogP contribution in [0.15, 0.2) is 11.4 Å². The summed E-state index contributed by atoms with van der Waals surface area (Å²) in [4.78, 5) is 11.7. The summed E-state index contributed by atoms with van der Waals surface area (Å²) in [5.74, 6) is 0. The van der Waals surface area contributed by atoms with Crippen molar-refractivity contribution in [1.29, 1.82) is 0 Å². The molecule has 0 fully saturated rings. The van der Waals surface area contributed by atoms with Gasteiger partial charge in [-0.25, -0.2) is 0 Å². The molecule has 0 aliphatic rings. The SMILES string of the molecule is CCCCCCCCCCc1ccsc1C=O. The first-order valence-electron chi connectivity index (χ1n) is 6.90. The monoisotopic (exact) mass is 252 g/mol. The summed E-state index contributed by atoms with van der Waals surface area (Å²) in [6.45, 7) is 2.26. The van der Waals surface area contributed by atoms with Gasteiger partial charge >= 0.3 is 0 Å². The summed E-state index contributed by atoms with van der Waals surface area (Å²) in [6.07, 6.45) is 12.8. The molecule has 0 amide bonds. The van der Waals surface area contributed by atoms with E-state index in [1.165, 1.54) is 56.9 Å². The molecule has 0 N–H and O–H groups in total. The van der Waals surface area contributed by atoms with Crippen LogP contribution in [0, 0.1) is 0 Å². The molecule has 0 aliphatic carbocycles. The Morgan fingerprint density at radius 2 is 1.71 bits per heavy atom. The number of thiophene rings is 1. The smallest absolute Gasteiger partial charge is 0.160 e. The van der Waals surface area contributed by atoms with E-state index in [4.69, 9.17) is 0 Å².